The largest absolute Gasteiger partial charge is 0.414 e. The molecule has 3 aliphatic carbocycles. The van der Waals surface area contributed by atoms with Gasteiger partial charge in [-0.1, -0.05) is 77.7 Å². The van der Waals surface area contributed by atoms with E-state index in [2.05, 4.69) is 113 Å². The molecule has 0 heterocycles. The second-order valence-corrected chi connectivity index (χ2v) is 34.2. The fourth-order valence-corrected chi connectivity index (χ4v) is 12.5. The Morgan fingerprint density at radius 2 is 1.29 bits per heavy atom. The summed E-state index contributed by atoms with van der Waals surface area (Å²) in [7, 11) is -5.21. The minimum Gasteiger partial charge on any atom is -0.414 e. The maximum atomic E-state index is 7.07. The van der Waals surface area contributed by atoms with Gasteiger partial charge < -0.3 is 13.3 Å². The van der Waals surface area contributed by atoms with Crippen LogP contribution in [0.25, 0.3) is 0 Å². The summed E-state index contributed by atoms with van der Waals surface area (Å²) in [5.41, 5.74) is 3.84. The summed E-state index contributed by atoms with van der Waals surface area (Å²) in [6.07, 6.45) is 22.4. The predicted octanol–water partition coefficient (Wildman–Crippen LogP) is 13.0. The van der Waals surface area contributed by atoms with Crippen LogP contribution in [0.3, 0.4) is 0 Å². The van der Waals surface area contributed by atoms with Crippen molar-refractivity contribution in [3.8, 4) is 0 Å². The molecule has 0 bridgehead atoms. The topological polar surface area (TPSA) is 27.7 Å². The van der Waals surface area contributed by atoms with Crippen LogP contribution in [0.1, 0.15) is 139 Å². The number of hydrogen-bond acceptors (Lipinski definition) is 3. The molecule has 3 aliphatic rings. The van der Waals surface area contributed by atoms with Crippen molar-refractivity contribution in [2.24, 2.45) is 11.3 Å². The summed E-state index contributed by atoms with van der Waals surface area (Å²) in [5, 5.41) is 0.444. The Kier molecular flexibility index (Phi) is 12.7. The second-order valence-electron chi connectivity index (χ2n) is 20.3. The molecule has 3 rings (SSSR count). The van der Waals surface area contributed by atoms with Crippen molar-refractivity contribution in [3.05, 3.63) is 23.3 Å². The Balaban J connectivity index is 1.67. The average Bonchev–Trinajstić information content (AvgIpc) is 3.20. The first kappa shape index (κ1) is 39.4. The number of rotatable bonds is 11. The Morgan fingerprint density at radius 1 is 0.756 bits per heavy atom. The lowest BCUT2D eigenvalue weighted by atomic mass is 9.70. The second kappa shape index (κ2) is 14.5. The van der Waals surface area contributed by atoms with Gasteiger partial charge in [0, 0.05) is 0 Å². The van der Waals surface area contributed by atoms with Gasteiger partial charge in [-0.15, -0.1) is 0 Å². The van der Waals surface area contributed by atoms with E-state index in [0.717, 1.165) is 25.2 Å². The van der Waals surface area contributed by atoms with Gasteiger partial charge in [-0.05, 0) is 152 Å². The van der Waals surface area contributed by atoms with Crippen molar-refractivity contribution in [3.63, 3.8) is 0 Å². The molecule has 0 aliphatic heterocycles. The lowest BCUT2D eigenvalue weighted by Gasteiger charge is -2.45. The van der Waals surface area contributed by atoms with Gasteiger partial charge in [0.25, 0.3) is 0 Å². The SMILES string of the molecule is CC(C)(CCC[C@H]1CC[C@@]2(CCC/C(=C\C=C3C[C@@H](O[Si](C)(C)C(C)(C)C)C[C@H](O[Si](C)(C)C(C)(C)C)C3)C2)C1)O[Si](C)(C)C. The maximum Gasteiger partial charge on any atom is 0.192 e. The van der Waals surface area contributed by atoms with Crippen LogP contribution in [0.2, 0.25) is 55.9 Å². The standard InChI is InChI=1S/C39H76O3Si3/c1-36(2,3)44(12,13)40-34-26-33(27-35(28-34)41-45(14,15)37(4,5)6)21-20-31-19-17-24-39(29-31)25-22-32(30-39)18-16-23-38(7,8)42-43(9,10)11/h20-21,32,34-35H,16-19,22-30H2,1-15H3/b31-20+/t32-,34+,35+,39+/m0/s1. The van der Waals surface area contributed by atoms with Crippen molar-refractivity contribution in [2.75, 3.05) is 0 Å². The van der Waals surface area contributed by atoms with Crippen LogP contribution in [0.5, 0.6) is 0 Å². The smallest absolute Gasteiger partial charge is 0.192 e. The summed E-state index contributed by atoms with van der Waals surface area (Å²) in [6.45, 7) is 35.4. The van der Waals surface area contributed by atoms with Crippen molar-refractivity contribution in [1.29, 1.82) is 0 Å². The van der Waals surface area contributed by atoms with Gasteiger partial charge in [0.15, 0.2) is 25.0 Å². The van der Waals surface area contributed by atoms with E-state index in [1.165, 1.54) is 64.2 Å². The van der Waals surface area contributed by atoms with E-state index in [1.807, 2.05) is 0 Å². The van der Waals surface area contributed by atoms with E-state index in [1.54, 1.807) is 11.1 Å². The quantitative estimate of drug-likeness (QED) is 0.204. The van der Waals surface area contributed by atoms with Gasteiger partial charge >= 0.3 is 0 Å². The van der Waals surface area contributed by atoms with E-state index in [9.17, 15) is 0 Å². The Morgan fingerprint density at radius 3 is 1.80 bits per heavy atom. The fourth-order valence-electron chi connectivity index (χ4n) is 8.01. The summed E-state index contributed by atoms with van der Waals surface area (Å²) in [6, 6.07) is 0. The first-order chi connectivity index (χ1) is 20.3. The Hall–Kier alpha value is 0.0106. The van der Waals surface area contributed by atoms with E-state index >= 15 is 0 Å². The first-order valence-electron chi connectivity index (χ1n) is 18.7. The van der Waals surface area contributed by atoms with Crippen LogP contribution in [0.4, 0.5) is 0 Å². The molecular formula is C39H76O3Si3. The maximum absolute atomic E-state index is 7.07. The third kappa shape index (κ3) is 11.8. The van der Waals surface area contributed by atoms with Gasteiger partial charge in [0.2, 0.25) is 0 Å². The van der Waals surface area contributed by atoms with Crippen LogP contribution in [-0.2, 0) is 13.3 Å². The van der Waals surface area contributed by atoms with Gasteiger partial charge in [-0.25, -0.2) is 0 Å². The van der Waals surface area contributed by atoms with E-state index in [-0.39, 0.29) is 27.9 Å². The number of hydrogen-bond donors (Lipinski definition) is 0. The minimum atomic E-state index is -1.85. The van der Waals surface area contributed by atoms with Crippen LogP contribution in [-0.4, -0.2) is 42.8 Å². The van der Waals surface area contributed by atoms with Crippen molar-refractivity contribution in [1.82, 2.24) is 0 Å². The highest BCUT2D eigenvalue weighted by atomic mass is 28.4. The van der Waals surface area contributed by atoms with Crippen molar-refractivity contribution >= 4 is 25.0 Å². The fraction of sp³-hybridized carbons (Fsp3) is 0.897. The summed E-state index contributed by atoms with van der Waals surface area (Å²) in [5.74, 6) is 0.908. The normalized spacial score (nSPS) is 28.7. The van der Waals surface area contributed by atoms with E-state index < -0.39 is 25.0 Å². The van der Waals surface area contributed by atoms with E-state index in [4.69, 9.17) is 13.3 Å². The molecule has 0 aromatic rings. The van der Waals surface area contributed by atoms with Crippen LogP contribution < -0.4 is 0 Å². The molecule has 4 atom stereocenters. The molecule has 0 N–H and O–H groups in total. The molecule has 0 saturated heterocycles. The summed E-state index contributed by atoms with van der Waals surface area (Å²) < 4.78 is 20.6. The third-order valence-corrected chi connectivity index (χ3v) is 22.4. The Labute approximate surface area is 284 Å². The van der Waals surface area contributed by atoms with Gasteiger partial charge in [0.05, 0.1) is 17.8 Å². The molecule has 0 radical (unpaired) electrons. The van der Waals surface area contributed by atoms with Crippen LogP contribution in [0, 0.1) is 11.3 Å². The molecule has 0 aromatic carbocycles. The molecule has 6 heteroatoms. The zero-order chi connectivity index (χ0) is 34.1. The van der Waals surface area contributed by atoms with Gasteiger partial charge in [0.1, 0.15) is 0 Å². The minimum absolute atomic E-state index is 0.0254. The third-order valence-electron chi connectivity index (χ3n) is 12.2. The molecule has 0 aromatic heterocycles. The summed E-state index contributed by atoms with van der Waals surface area (Å²) in [4.78, 5) is 0. The average molecular weight is 677 g/mol. The summed E-state index contributed by atoms with van der Waals surface area (Å²) >= 11 is 0. The molecular weight excluding hydrogens is 601 g/mol. The van der Waals surface area contributed by atoms with Crippen molar-refractivity contribution in [2.45, 2.75) is 213 Å². The Bertz CT molecular complexity index is 999. The van der Waals surface area contributed by atoms with Gasteiger partial charge in [-0.3, -0.25) is 0 Å². The van der Waals surface area contributed by atoms with Crippen LogP contribution in [0.15, 0.2) is 23.3 Å². The van der Waals surface area contributed by atoms with E-state index in [0.29, 0.717) is 5.41 Å². The molecule has 45 heavy (non-hydrogen) atoms. The lowest BCUT2D eigenvalue weighted by Crippen LogP contribution is -2.48. The number of allylic oxidation sites excluding steroid dienone is 3. The first-order valence-corrected chi connectivity index (χ1v) is 28.0. The zero-order valence-corrected chi connectivity index (χ0v) is 35.8. The lowest BCUT2D eigenvalue weighted by molar-refractivity contribution is 0.0725. The molecule has 0 amide bonds. The van der Waals surface area contributed by atoms with Crippen molar-refractivity contribution < 1.29 is 13.3 Å². The zero-order valence-electron chi connectivity index (χ0n) is 32.8. The highest BCUT2D eigenvalue weighted by Gasteiger charge is 2.44. The molecule has 0 unspecified atom stereocenters. The molecule has 262 valence electrons. The predicted molar refractivity (Wildman–Crippen MR) is 205 cm³/mol. The highest BCUT2D eigenvalue weighted by Crippen LogP contribution is 2.54. The van der Waals surface area contributed by atoms with Gasteiger partial charge in [-0.2, -0.15) is 0 Å². The highest BCUT2D eigenvalue weighted by molar-refractivity contribution is 6.74. The van der Waals surface area contributed by atoms with Crippen LogP contribution >= 0.6 is 0 Å². The molecule has 1 spiro atoms. The monoisotopic (exact) mass is 677 g/mol. The molecule has 3 fully saturated rings. The molecule has 3 saturated carbocycles. The molecule has 3 nitrogen and oxygen atoms in total.